The molecule has 0 heterocycles. The number of methoxy groups -OCH3 is 2. The van der Waals surface area contributed by atoms with Crippen LogP contribution in [0.15, 0.2) is 48.5 Å². The zero-order valence-corrected chi connectivity index (χ0v) is 16.7. The molecule has 0 aliphatic heterocycles. The Morgan fingerprint density at radius 3 is 2.12 bits per heavy atom. The Morgan fingerprint density at radius 2 is 1.58 bits per heavy atom. The topological polar surface area (TPSA) is 37.0 Å². The maximum atomic E-state index is 5.62. The number of ether oxygens (including phenoxy) is 2. The highest BCUT2D eigenvalue weighted by atomic mass is 32.1. The molecule has 0 fully saturated rings. The van der Waals surface area contributed by atoms with Gasteiger partial charge in [-0.15, -0.1) is 0 Å². The highest BCUT2D eigenvalue weighted by molar-refractivity contribution is 7.80. The van der Waals surface area contributed by atoms with Gasteiger partial charge in [-0.3, -0.25) is 0 Å². The molecule has 0 amide bonds. The lowest BCUT2D eigenvalue weighted by Crippen LogP contribution is -2.40. The third-order valence-electron chi connectivity index (χ3n) is 4.01. The highest BCUT2D eigenvalue weighted by Gasteiger charge is 2.13. The van der Waals surface area contributed by atoms with Gasteiger partial charge < -0.3 is 24.6 Å². The molecule has 0 aliphatic carbocycles. The summed E-state index contributed by atoms with van der Waals surface area (Å²) >= 11 is 5.62. The normalized spacial score (nSPS) is 10.3. The highest BCUT2D eigenvalue weighted by Crippen LogP contribution is 2.22. The van der Waals surface area contributed by atoms with E-state index in [1.165, 1.54) is 11.3 Å². The van der Waals surface area contributed by atoms with Crippen LogP contribution in [0.4, 0.5) is 11.4 Å². The standard InChI is InChI=1S/C20H27N3O2S/c1-22(2)17-7-5-16(6-8-17)15-23(20(26)21-13-14-24-3)18-9-11-19(25-4)12-10-18/h5-12H,13-15H2,1-4H3,(H,21,26). The lowest BCUT2D eigenvalue weighted by Gasteiger charge is -2.26. The predicted molar refractivity (Wildman–Crippen MR) is 112 cm³/mol. The summed E-state index contributed by atoms with van der Waals surface area (Å²) in [5.41, 5.74) is 3.37. The van der Waals surface area contributed by atoms with E-state index in [0.29, 0.717) is 24.8 Å². The first kappa shape index (κ1) is 20.0. The Bertz CT molecular complexity index is 687. The summed E-state index contributed by atoms with van der Waals surface area (Å²) in [6.45, 7) is 1.95. The number of nitrogens with one attached hydrogen (secondary N) is 1. The van der Waals surface area contributed by atoms with E-state index in [9.17, 15) is 0 Å². The Hall–Kier alpha value is -2.31. The second-order valence-corrected chi connectivity index (χ2v) is 6.46. The van der Waals surface area contributed by atoms with Crippen molar-refractivity contribution < 1.29 is 9.47 Å². The molecule has 6 heteroatoms. The second-order valence-electron chi connectivity index (χ2n) is 6.07. The zero-order valence-electron chi connectivity index (χ0n) is 15.9. The van der Waals surface area contributed by atoms with E-state index in [0.717, 1.165) is 11.4 Å². The number of rotatable bonds is 8. The van der Waals surface area contributed by atoms with E-state index >= 15 is 0 Å². The van der Waals surface area contributed by atoms with Crippen molar-refractivity contribution in [1.82, 2.24) is 5.32 Å². The molecule has 0 bridgehead atoms. The molecule has 140 valence electrons. The molecule has 0 spiro atoms. The van der Waals surface area contributed by atoms with Gasteiger partial charge in [0.2, 0.25) is 0 Å². The SMILES string of the molecule is COCCNC(=S)N(Cc1ccc(N(C)C)cc1)c1ccc(OC)cc1. The number of hydrogen-bond acceptors (Lipinski definition) is 4. The molecular formula is C20H27N3O2S. The summed E-state index contributed by atoms with van der Waals surface area (Å²) in [7, 11) is 7.41. The summed E-state index contributed by atoms with van der Waals surface area (Å²) < 4.78 is 10.4. The fourth-order valence-electron chi connectivity index (χ4n) is 2.48. The van der Waals surface area contributed by atoms with E-state index < -0.39 is 0 Å². The molecule has 0 atom stereocenters. The van der Waals surface area contributed by atoms with Crippen LogP contribution < -0.4 is 19.9 Å². The van der Waals surface area contributed by atoms with E-state index in [2.05, 4.69) is 39.4 Å². The summed E-state index contributed by atoms with van der Waals surface area (Å²) in [4.78, 5) is 4.16. The third-order valence-corrected chi connectivity index (χ3v) is 4.37. The van der Waals surface area contributed by atoms with Gasteiger partial charge in [0, 0.05) is 39.1 Å². The molecule has 5 nitrogen and oxygen atoms in total. The smallest absolute Gasteiger partial charge is 0.173 e. The fraction of sp³-hybridized carbons (Fsp3) is 0.350. The van der Waals surface area contributed by atoms with Crippen molar-refractivity contribution in [3.8, 4) is 5.75 Å². The van der Waals surface area contributed by atoms with Crippen LogP contribution in [0.3, 0.4) is 0 Å². The number of benzene rings is 2. The summed E-state index contributed by atoms with van der Waals surface area (Å²) in [5.74, 6) is 0.822. The molecule has 2 aromatic carbocycles. The van der Waals surface area contributed by atoms with Crippen molar-refractivity contribution in [2.45, 2.75) is 6.54 Å². The molecule has 0 unspecified atom stereocenters. The first-order chi connectivity index (χ1) is 12.5. The molecule has 1 N–H and O–H groups in total. The number of thiocarbonyl (C=S) groups is 1. The zero-order chi connectivity index (χ0) is 18.9. The molecule has 0 saturated carbocycles. The quantitative estimate of drug-likeness (QED) is 0.565. The van der Waals surface area contributed by atoms with Gasteiger partial charge in [-0.05, 0) is 54.2 Å². The van der Waals surface area contributed by atoms with E-state index in [1.54, 1.807) is 14.2 Å². The molecule has 0 aromatic heterocycles. The molecule has 0 aliphatic rings. The molecule has 0 saturated heterocycles. The van der Waals surface area contributed by atoms with Crippen molar-refractivity contribution in [2.75, 3.05) is 51.3 Å². The van der Waals surface area contributed by atoms with Crippen LogP contribution in [0.2, 0.25) is 0 Å². The van der Waals surface area contributed by atoms with Crippen molar-refractivity contribution in [1.29, 1.82) is 0 Å². The molecule has 2 rings (SSSR count). The first-order valence-corrected chi connectivity index (χ1v) is 8.90. The summed E-state index contributed by atoms with van der Waals surface area (Å²) in [6.07, 6.45) is 0. The van der Waals surface area contributed by atoms with E-state index in [-0.39, 0.29) is 0 Å². The predicted octanol–water partition coefficient (Wildman–Crippen LogP) is 3.29. The summed E-state index contributed by atoms with van der Waals surface area (Å²) in [5, 5.41) is 3.92. The van der Waals surface area contributed by atoms with Gasteiger partial charge >= 0.3 is 0 Å². The van der Waals surface area contributed by atoms with Crippen molar-refractivity contribution >= 4 is 28.7 Å². The van der Waals surface area contributed by atoms with Crippen LogP contribution in [0.5, 0.6) is 5.75 Å². The first-order valence-electron chi connectivity index (χ1n) is 8.49. The van der Waals surface area contributed by atoms with Crippen molar-refractivity contribution in [3.63, 3.8) is 0 Å². The Balaban J connectivity index is 2.19. The van der Waals surface area contributed by atoms with Crippen LogP contribution >= 0.6 is 12.2 Å². The monoisotopic (exact) mass is 373 g/mol. The van der Waals surface area contributed by atoms with Crippen LogP contribution in [0.1, 0.15) is 5.56 Å². The molecular weight excluding hydrogens is 346 g/mol. The minimum atomic E-state index is 0.605. The average molecular weight is 374 g/mol. The fourth-order valence-corrected chi connectivity index (χ4v) is 2.75. The minimum absolute atomic E-state index is 0.605. The van der Waals surface area contributed by atoms with Crippen LogP contribution in [0.25, 0.3) is 0 Å². The largest absolute Gasteiger partial charge is 0.497 e. The lowest BCUT2D eigenvalue weighted by atomic mass is 10.1. The van der Waals surface area contributed by atoms with Gasteiger partial charge in [0.25, 0.3) is 0 Å². The second kappa shape index (κ2) is 9.99. The van der Waals surface area contributed by atoms with Gasteiger partial charge in [0.05, 0.1) is 20.3 Å². The molecule has 0 radical (unpaired) electrons. The Morgan fingerprint density at radius 1 is 0.962 bits per heavy atom. The molecule has 2 aromatic rings. The van der Waals surface area contributed by atoms with Crippen molar-refractivity contribution in [3.05, 3.63) is 54.1 Å². The van der Waals surface area contributed by atoms with Crippen molar-refractivity contribution in [2.24, 2.45) is 0 Å². The average Bonchev–Trinajstić information content (AvgIpc) is 2.66. The van der Waals surface area contributed by atoms with Crippen LogP contribution in [-0.4, -0.2) is 46.6 Å². The van der Waals surface area contributed by atoms with Crippen LogP contribution in [0, 0.1) is 0 Å². The van der Waals surface area contributed by atoms with E-state index in [1.807, 2.05) is 38.4 Å². The number of anilines is 2. The minimum Gasteiger partial charge on any atom is -0.497 e. The number of nitrogens with zero attached hydrogens (tertiary/aromatic N) is 2. The molecule has 26 heavy (non-hydrogen) atoms. The number of hydrogen-bond donors (Lipinski definition) is 1. The lowest BCUT2D eigenvalue weighted by molar-refractivity contribution is 0.204. The van der Waals surface area contributed by atoms with Gasteiger partial charge in [-0.1, -0.05) is 12.1 Å². The van der Waals surface area contributed by atoms with Gasteiger partial charge in [0.15, 0.2) is 5.11 Å². The summed E-state index contributed by atoms with van der Waals surface area (Å²) in [6, 6.07) is 16.4. The van der Waals surface area contributed by atoms with Gasteiger partial charge in [0.1, 0.15) is 5.75 Å². The maximum absolute atomic E-state index is 5.62. The van der Waals surface area contributed by atoms with Crippen LogP contribution in [-0.2, 0) is 11.3 Å². The van der Waals surface area contributed by atoms with Gasteiger partial charge in [-0.2, -0.15) is 0 Å². The van der Waals surface area contributed by atoms with Gasteiger partial charge in [-0.25, -0.2) is 0 Å². The van der Waals surface area contributed by atoms with E-state index in [4.69, 9.17) is 21.7 Å². The Kier molecular flexibility index (Phi) is 7.69. The Labute approximate surface area is 161 Å². The maximum Gasteiger partial charge on any atom is 0.173 e. The third kappa shape index (κ3) is 5.61.